The number of likely N-dealkylation sites (N-methyl/N-ethyl adjacent to an activating group) is 1. The highest BCUT2D eigenvalue weighted by Gasteiger charge is 2.28. The van der Waals surface area contributed by atoms with Crippen molar-refractivity contribution in [3.05, 3.63) is 66.2 Å². The van der Waals surface area contributed by atoms with E-state index >= 15 is 0 Å². The summed E-state index contributed by atoms with van der Waals surface area (Å²) in [5, 5.41) is 5.48. The van der Waals surface area contributed by atoms with E-state index < -0.39 is 23.5 Å². The summed E-state index contributed by atoms with van der Waals surface area (Å²) in [4.78, 5) is 38.2. The smallest absolute Gasteiger partial charge is 0.307 e. The summed E-state index contributed by atoms with van der Waals surface area (Å²) >= 11 is 0. The normalized spacial score (nSPS) is 12.8. The molecule has 0 spiro atoms. The van der Waals surface area contributed by atoms with Crippen molar-refractivity contribution >= 4 is 17.8 Å². The van der Waals surface area contributed by atoms with Gasteiger partial charge in [0.2, 0.25) is 11.8 Å². The predicted molar refractivity (Wildman–Crippen MR) is 136 cm³/mol. The Morgan fingerprint density at radius 1 is 0.886 bits per heavy atom. The van der Waals surface area contributed by atoms with Gasteiger partial charge in [-0.2, -0.15) is 0 Å². The third-order valence-corrected chi connectivity index (χ3v) is 5.32. The van der Waals surface area contributed by atoms with Gasteiger partial charge in [0.15, 0.2) is 0 Å². The van der Waals surface area contributed by atoms with Gasteiger partial charge in [-0.05, 0) is 57.7 Å². The number of ether oxygens (including phenoxy) is 2. The fourth-order valence-electron chi connectivity index (χ4n) is 3.63. The molecule has 0 unspecified atom stereocenters. The van der Waals surface area contributed by atoms with Gasteiger partial charge in [-0.3, -0.25) is 14.4 Å². The fraction of sp³-hybridized carbons (Fsp3) is 0.464. The maximum Gasteiger partial charge on any atom is 0.307 e. The van der Waals surface area contributed by atoms with E-state index in [1.807, 2.05) is 60.7 Å². The minimum Gasteiger partial charge on any atom is -0.494 e. The molecule has 0 bridgehead atoms. The Morgan fingerprint density at radius 3 is 2.11 bits per heavy atom. The number of nitrogens with one attached hydrogen (secondary N) is 2. The zero-order chi connectivity index (χ0) is 25.7. The topological polar surface area (TPSA) is 93.7 Å². The summed E-state index contributed by atoms with van der Waals surface area (Å²) in [5.74, 6) is -0.856. The van der Waals surface area contributed by atoms with E-state index in [4.69, 9.17) is 9.47 Å². The second-order valence-electron chi connectivity index (χ2n) is 9.51. The molecule has 0 heterocycles. The highest BCUT2D eigenvalue weighted by molar-refractivity contribution is 5.90. The molecule has 2 aromatic rings. The first-order valence-electron chi connectivity index (χ1n) is 12.1. The summed E-state index contributed by atoms with van der Waals surface area (Å²) in [6, 6.07) is 18.3. The first-order valence-corrected chi connectivity index (χ1v) is 12.1. The number of rotatable bonds is 13. The highest BCUT2D eigenvalue weighted by atomic mass is 16.6. The van der Waals surface area contributed by atoms with Crippen LogP contribution in [0.4, 0.5) is 0 Å². The number of carbonyl (C=O) groups excluding carboxylic acids is 3. The average Bonchev–Trinajstić information content (AvgIpc) is 2.82. The molecule has 0 saturated heterocycles. The molecule has 35 heavy (non-hydrogen) atoms. The molecule has 0 radical (unpaired) electrons. The van der Waals surface area contributed by atoms with Crippen LogP contribution in [0.25, 0.3) is 0 Å². The molecule has 2 rings (SSSR count). The Kier molecular flexibility index (Phi) is 11.3. The number of esters is 1. The first kappa shape index (κ1) is 27.9. The molecule has 2 amide bonds. The lowest BCUT2D eigenvalue weighted by atomic mass is 9.96. The van der Waals surface area contributed by atoms with Crippen molar-refractivity contribution in [3.63, 3.8) is 0 Å². The van der Waals surface area contributed by atoms with Crippen LogP contribution in [0.15, 0.2) is 60.7 Å². The Hall–Kier alpha value is -3.35. The van der Waals surface area contributed by atoms with Gasteiger partial charge < -0.3 is 20.1 Å². The third-order valence-electron chi connectivity index (χ3n) is 5.32. The van der Waals surface area contributed by atoms with Gasteiger partial charge >= 0.3 is 5.97 Å². The molecule has 0 aliphatic rings. The summed E-state index contributed by atoms with van der Waals surface area (Å²) in [7, 11) is 1.54. The van der Waals surface area contributed by atoms with Crippen molar-refractivity contribution in [3.8, 4) is 5.75 Å². The van der Waals surface area contributed by atoms with E-state index in [1.165, 1.54) is 7.05 Å². The highest BCUT2D eigenvalue weighted by Crippen LogP contribution is 2.19. The number of para-hydroxylation sites is 1. The Balaban J connectivity index is 2.00. The van der Waals surface area contributed by atoms with Crippen LogP contribution in [0.2, 0.25) is 0 Å². The summed E-state index contributed by atoms with van der Waals surface area (Å²) in [6.45, 7) is 5.90. The van der Waals surface area contributed by atoms with Gasteiger partial charge in [0.1, 0.15) is 17.4 Å². The van der Waals surface area contributed by atoms with E-state index in [0.29, 0.717) is 25.9 Å². The number of benzene rings is 2. The van der Waals surface area contributed by atoms with Crippen LogP contribution in [0, 0.1) is 5.92 Å². The van der Waals surface area contributed by atoms with Crippen LogP contribution in [0.1, 0.15) is 52.0 Å². The fourth-order valence-corrected chi connectivity index (χ4v) is 3.63. The van der Waals surface area contributed by atoms with E-state index in [9.17, 15) is 14.4 Å². The van der Waals surface area contributed by atoms with Crippen molar-refractivity contribution in [2.45, 2.75) is 64.5 Å². The Labute approximate surface area is 208 Å². The second kappa shape index (κ2) is 14.1. The lowest BCUT2D eigenvalue weighted by Gasteiger charge is -2.24. The maximum absolute atomic E-state index is 13.2. The summed E-state index contributed by atoms with van der Waals surface area (Å²) < 4.78 is 11.2. The molecule has 0 aliphatic carbocycles. The summed E-state index contributed by atoms with van der Waals surface area (Å²) in [5.41, 5.74) is 0.294. The SMILES string of the molecule is CNC(=O)[C@H](Cc1ccccc1)NC(=O)[C@H](CCCCOc1ccccc1)CC(=O)OC(C)(C)C. The molecule has 0 aliphatic heterocycles. The van der Waals surface area contributed by atoms with E-state index in [0.717, 1.165) is 17.7 Å². The molecule has 190 valence electrons. The minimum absolute atomic E-state index is 0.0472. The molecule has 7 heteroatoms. The van der Waals surface area contributed by atoms with Crippen LogP contribution >= 0.6 is 0 Å². The van der Waals surface area contributed by atoms with Gasteiger partial charge in [0, 0.05) is 19.4 Å². The van der Waals surface area contributed by atoms with Crippen LogP contribution in [-0.2, 0) is 25.5 Å². The molecule has 0 fully saturated rings. The second-order valence-corrected chi connectivity index (χ2v) is 9.51. The van der Waals surface area contributed by atoms with Crippen molar-refractivity contribution in [2.24, 2.45) is 5.92 Å². The third kappa shape index (κ3) is 11.1. The maximum atomic E-state index is 13.2. The largest absolute Gasteiger partial charge is 0.494 e. The minimum atomic E-state index is -0.738. The van der Waals surface area contributed by atoms with E-state index in [1.54, 1.807) is 20.8 Å². The lowest BCUT2D eigenvalue weighted by molar-refractivity contribution is -0.157. The predicted octanol–water partition coefficient (Wildman–Crippen LogP) is 4.06. The van der Waals surface area contributed by atoms with E-state index in [2.05, 4.69) is 10.6 Å². The van der Waals surface area contributed by atoms with Gasteiger partial charge in [0.25, 0.3) is 0 Å². The van der Waals surface area contributed by atoms with Gasteiger partial charge in [0.05, 0.1) is 13.0 Å². The van der Waals surface area contributed by atoms with Crippen molar-refractivity contribution in [1.29, 1.82) is 0 Å². The molecule has 7 nitrogen and oxygen atoms in total. The number of unbranched alkanes of at least 4 members (excludes halogenated alkanes) is 1. The molecule has 0 aromatic heterocycles. The first-order chi connectivity index (χ1) is 16.7. The monoisotopic (exact) mass is 482 g/mol. The van der Waals surface area contributed by atoms with Crippen LogP contribution < -0.4 is 15.4 Å². The van der Waals surface area contributed by atoms with Gasteiger partial charge in [-0.15, -0.1) is 0 Å². The van der Waals surface area contributed by atoms with Crippen LogP contribution in [-0.4, -0.2) is 43.1 Å². The molecular weight excluding hydrogens is 444 g/mol. The van der Waals surface area contributed by atoms with Crippen molar-refractivity contribution in [2.75, 3.05) is 13.7 Å². The quantitative estimate of drug-likeness (QED) is 0.332. The van der Waals surface area contributed by atoms with Crippen LogP contribution in [0.5, 0.6) is 5.75 Å². The molecule has 2 N–H and O–H groups in total. The molecule has 2 atom stereocenters. The van der Waals surface area contributed by atoms with Gasteiger partial charge in [-0.25, -0.2) is 0 Å². The average molecular weight is 483 g/mol. The standard InChI is InChI=1S/C28H38N2O5/c1-28(2,3)35-25(31)20-22(15-11-12-18-34-23-16-9-6-10-17-23)26(32)30-24(27(33)29-4)19-21-13-7-5-8-14-21/h5-10,13-14,16-17,22,24H,11-12,15,18-20H2,1-4H3,(H,29,33)(H,30,32)/t22-,24+/m1/s1. The zero-order valence-corrected chi connectivity index (χ0v) is 21.2. The number of hydrogen-bond donors (Lipinski definition) is 2. The van der Waals surface area contributed by atoms with Gasteiger partial charge in [-0.1, -0.05) is 48.5 Å². The number of amides is 2. The lowest BCUT2D eigenvalue weighted by Crippen LogP contribution is -2.49. The number of hydrogen-bond acceptors (Lipinski definition) is 5. The van der Waals surface area contributed by atoms with Crippen LogP contribution in [0.3, 0.4) is 0 Å². The zero-order valence-electron chi connectivity index (χ0n) is 21.2. The van der Waals surface area contributed by atoms with Crippen molar-refractivity contribution < 1.29 is 23.9 Å². The summed E-state index contributed by atoms with van der Waals surface area (Å²) in [6.07, 6.45) is 2.22. The van der Waals surface area contributed by atoms with E-state index in [-0.39, 0.29) is 18.2 Å². The molecule has 2 aromatic carbocycles. The number of carbonyl (C=O) groups is 3. The Morgan fingerprint density at radius 2 is 1.51 bits per heavy atom. The molecule has 0 saturated carbocycles. The van der Waals surface area contributed by atoms with Crippen molar-refractivity contribution in [1.82, 2.24) is 10.6 Å². The molecular formula is C28H38N2O5. The Bertz CT molecular complexity index is 925.